The fourth-order valence-electron chi connectivity index (χ4n) is 3.18. The average Bonchev–Trinajstić information content (AvgIpc) is 2.70. The van der Waals surface area contributed by atoms with Crippen LogP contribution in [-0.4, -0.2) is 56.3 Å². The fraction of sp³-hybridized carbons (Fsp3) is 0.350. The van der Waals surface area contributed by atoms with E-state index >= 15 is 0 Å². The lowest BCUT2D eigenvalue weighted by Gasteiger charge is -2.33. The maximum absolute atomic E-state index is 13.9. The zero-order valence-electron chi connectivity index (χ0n) is 16.0. The van der Waals surface area contributed by atoms with Gasteiger partial charge in [0.25, 0.3) is 5.91 Å². The van der Waals surface area contributed by atoms with Gasteiger partial charge in [-0.2, -0.15) is 4.31 Å². The minimum atomic E-state index is -3.65. The molecular formula is C20H24FN3O3S. The Balaban J connectivity index is 1.78. The Bertz CT molecular complexity index is 970. The molecule has 1 saturated heterocycles. The monoisotopic (exact) mass is 405 g/mol. The van der Waals surface area contributed by atoms with Gasteiger partial charge in [-0.15, -0.1) is 0 Å². The number of nitrogens with one attached hydrogen (secondary N) is 1. The lowest BCUT2D eigenvalue weighted by molar-refractivity contribution is 0.102. The highest BCUT2D eigenvalue weighted by Crippen LogP contribution is 2.22. The summed E-state index contributed by atoms with van der Waals surface area (Å²) in [5.41, 5.74) is 0.984. The molecular weight excluding hydrogens is 381 g/mol. The molecule has 150 valence electrons. The molecule has 0 saturated carbocycles. The molecule has 3 rings (SSSR count). The average molecular weight is 405 g/mol. The first-order valence-electron chi connectivity index (χ1n) is 9.21. The molecule has 1 aliphatic heterocycles. The Morgan fingerprint density at radius 2 is 1.82 bits per heavy atom. The zero-order chi connectivity index (χ0) is 20.3. The molecule has 8 heteroatoms. The van der Waals surface area contributed by atoms with Crippen LogP contribution in [0, 0.1) is 12.7 Å². The van der Waals surface area contributed by atoms with Crippen molar-refractivity contribution >= 4 is 21.6 Å². The number of piperazine rings is 1. The van der Waals surface area contributed by atoms with Crippen molar-refractivity contribution in [2.75, 3.05) is 38.0 Å². The predicted molar refractivity (Wildman–Crippen MR) is 106 cm³/mol. The van der Waals surface area contributed by atoms with E-state index in [1.807, 2.05) is 6.92 Å². The highest BCUT2D eigenvalue weighted by atomic mass is 32.2. The summed E-state index contributed by atoms with van der Waals surface area (Å²) in [5, 5.41) is 2.59. The molecule has 1 N–H and O–H groups in total. The second kappa shape index (κ2) is 8.38. The minimum Gasteiger partial charge on any atom is -0.322 e. The van der Waals surface area contributed by atoms with E-state index in [0.717, 1.165) is 12.1 Å². The number of amides is 1. The molecule has 0 aliphatic carbocycles. The topological polar surface area (TPSA) is 69.7 Å². The van der Waals surface area contributed by atoms with E-state index in [4.69, 9.17) is 0 Å². The molecule has 2 aromatic carbocycles. The number of rotatable bonds is 5. The Hall–Kier alpha value is -2.29. The van der Waals surface area contributed by atoms with Gasteiger partial charge in [0.15, 0.2) is 0 Å². The van der Waals surface area contributed by atoms with Crippen molar-refractivity contribution in [3.63, 3.8) is 0 Å². The van der Waals surface area contributed by atoms with Crippen LogP contribution in [0.4, 0.5) is 10.1 Å². The second-order valence-electron chi connectivity index (χ2n) is 6.80. The number of likely N-dealkylation sites (N-methyl/N-ethyl adjacent to an activating group) is 1. The number of halogens is 1. The number of anilines is 1. The maximum atomic E-state index is 13.9. The molecule has 1 amide bonds. The molecule has 2 aromatic rings. The summed E-state index contributed by atoms with van der Waals surface area (Å²) in [6.45, 7) is 6.96. The minimum absolute atomic E-state index is 0.0797. The number of benzene rings is 2. The molecule has 0 unspecified atom stereocenters. The summed E-state index contributed by atoms with van der Waals surface area (Å²) in [5.74, 6) is -1.24. The first-order chi connectivity index (χ1) is 13.3. The Morgan fingerprint density at radius 3 is 2.50 bits per heavy atom. The zero-order valence-corrected chi connectivity index (χ0v) is 16.8. The van der Waals surface area contributed by atoms with Gasteiger partial charge < -0.3 is 10.2 Å². The molecule has 0 aromatic heterocycles. The van der Waals surface area contributed by atoms with Crippen LogP contribution >= 0.6 is 0 Å². The lowest BCUT2D eigenvalue weighted by Crippen LogP contribution is -2.48. The largest absolute Gasteiger partial charge is 0.322 e. The SMILES string of the molecule is CCN1CCN(S(=O)(=O)c2cccc(NC(=O)c3cc(C)ccc3F)c2)CC1. The van der Waals surface area contributed by atoms with Gasteiger partial charge in [-0.25, -0.2) is 12.8 Å². The number of hydrogen-bond donors (Lipinski definition) is 1. The van der Waals surface area contributed by atoms with Crippen molar-refractivity contribution in [1.29, 1.82) is 0 Å². The third-order valence-corrected chi connectivity index (χ3v) is 6.77. The number of aryl methyl sites for hydroxylation is 1. The van der Waals surface area contributed by atoms with Gasteiger partial charge in [0, 0.05) is 31.9 Å². The number of carbonyl (C=O) groups excluding carboxylic acids is 1. The summed E-state index contributed by atoms with van der Waals surface area (Å²) in [6.07, 6.45) is 0. The van der Waals surface area contributed by atoms with E-state index in [1.54, 1.807) is 25.1 Å². The van der Waals surface area contributed by atoms with Crippen LogP contribution in [-0.2, 0) is 10.0 Å². The Morgan fingerprint density at radius 1 is 1.11 bits per heavy atom. The van der Waals surface area contributed by atoms with Gasteiger partial charge in [0.1, 0.15) is 5.82 Å². The summed E-state index contributed by atoms with van der Waals surface area (Å²) in [6, 6.07) is 10.3. The Kier molecular flexibility index (Phi) is 6.12. The van der Waals surface area contributed by atoms with E-state index in [9.17, 15) is 17.6 Å². The molecule has 28 heavy (non-hydrogen) atoms. The van der Waals surface area contributed by atoms with Crippen molar-refractivity contribution in [1.82, 2.24) is 9.21 Å². The molecule has 1 heterocycles. The van der Waals surface area contributed by atoms with Gasteiger partial charge in [-0.1, -0.05) is 24.6 Å². The summed E-state index contributed by atoms with van der Waals surface area (Å²) >= 11 is 0. The first kappa shape index (κ1) is 20.4. The van der Waals surface area contributed by atoms with Gasteiger partial charge >= 0.3 is 0 Å². The fourth-order valence-corrected chi connectivity index (χ4v) is 4.65. The quantitative estimate of drug-likeness (QED) is 0.831. The van der Waals surface area contributed by atoms with Gasteiger partial charge in [0.05, 0.1) is 10.5 Å². The van der Waals surface area contributed by atoms with Crippen molar-refractivity contribution in [2.45, 2.75) is 18.7 Å². The normalized spacial score (nSPS) is 16.1. The van der Waals surface area contributed by atoms with E-state index in [1.165, 1.54) is 28.6 Å². The van der Waals surface area contributed by atoms with Crippen molar-refractivity contribution in [2.24, 2.45) is 0 Å². The molecule has 0 atom stereocenters. The predicted octanol–water partition coefficient (Wildman–Crippen LogP) is 2.71. The van der Waals surface area contributed by atoms with Crippen molar-refractivity contribution < 1.29 is 17.6 Å². The van der Waals surface area contributed by atoms with Crippen LogP contribution in [0.5, 0.6) is 0 Å². The number of sulfonamides is 1. The number of nitrogens with zero attached hydrogens (tertiary/aromatic N) is 2. The highest BCUT2D eigenvalue weighted by Gasteiger charge is 2.28. The third-order valence-electron chi connectivity index (χ3n) is 4.87. The van der Waals surface area contributed by atoms with Gasteiger partial charge in [-0.3, -0.25) is 4.79 Å². The molecule has 0 bridgehead atoms. The third kappa shape index (κ3) is 4.40. The standard InChI is InChI=1S/C20H24FN3O3S/c1-3-23-9-11-24(12-10-23)28(26,27)17-6-4-5-16(14-17)22-20(25)18-13-15(2)7-8-19(18)21/h4-8,13-14H,3,9-12H2,1-2H3,(H,22,25). The molecule has 0 radical (unpaired) electrons. The first-order valence-corrected chi connectivity index (χ1v) is 10.7. The maximum Gasteiger partial charge on any atom is 0.258 e. The van der Waals surface area contributed by atoms with Crippen LogP contribution in [0.1, 0.15) is 22.8 Å². The van der Waals surface area contributed by atoms with Crippen molar-refractivity contribution in [3.05, 3.63) is 59.4 Å². The van der Waals surface area contributed by atoms with Crippen LogP contribution in [0.15, 0.2) is 47.4 Å². The molecule has 1 fully saturated rings. The Labute approximate surface area is 165 Å². The van der Waals surface area contributed by atoms with Crippen LogP contribution < -0.4 is 5.32 Å². The summed E-state index contributed by atoms with van der Waals surface area (Å²) in [4.78, 5) is 14.7. The van der Waals surface area contributed by atoms with Gasteiger partial charge in [0.2, 0.25) is 10.0 Å². The second-order valence-corrected chi connectivity index (χ2v) is 8.74. The highest BCUT2D eigenvalue weighted by molar-refractivity contribution is 7.89. The molecule has 6 nitrogen and oxygen atoms in total. The van der Waals surface area contributed by atoms with Crippen LogP contribution in [0.2, 0.25) is 0 Å². The van der Waals surface area contributed by atoms with Crippen LogP contribution in [0.3, 0.4) is 0 Å². The lowest BCUT2D eigenvalue weighted by atomic mass is 10.1. The van der Waals surface area contributed by atoms with Crippen molar-refractivity contribution in [3.8, 4) is 0 Å². The van der Waals surface area contributed by atoms with E-state index < -0.39 is 21.7 Å². The van der Waals surface area contributed by atoms with Gasteiger partial charge in [-0.05, 0) is 43.8 Å². The van der Waals surface area contributed by atoms with E-state index in [2.05, 4.69) is 10.2 Å². The van der Waals surface area contributed by atoms with E-state index in [0.29, 0.717) is 31.9 Å². The number of carbonyl (C=O) groups is 1. The van der Waals surface area contributed by atoms with Crippen LogP contribution in [0.25, 0.3) is 0 Å². The molecule has 1 aliphatic rings. The smallest absolute Gasteiger partial charge is 0.258 e. The summed E-state index contributed by atoms with van der Waals surface area (Å²) < 4.78 is 41.2. The summed E-state index contributed by atoms with van der Waals surface area (Å²) in [7, 11) is -3.65. The molecule has 0 spiro atoms. The number of hydrogen-bond acceptors (Lipinski definition) is 4. The van der Waals surface area contributed by atoms with E-state index in [-0.39, 0.29) is 10.5 Å².